The van der Waals surface area contributed by atoms with Gasteiger partial charge in [0.2, 0.25) is 0 Å². The Bertz CT molecular complexity index is 845. The molecule has 2 heteroatoms. The Morgan fingerprint density at radius 2 is 1.84 bits per heavy atom. The summed E-state index contributed by atoms with van der Waals surface area (Å²) in [5.41, 5.74) is 5.61. The number of H-pyrrole nitrogens is 1. The Labute approximate surface area is 150 Å². The molecular formula is C23H26N2. The van der Waals surface area contributed by atoms with E-state index in [9.17, 15) is 0 Å². The summed E-state index contributed by atoms with van der Waals surface area (Å²) in [5, 5.41) is 5.04. The summed E-state index contributed by atoms with van der Waals surface area (Å²) in [6.07, 6.45) is 10.5. The standard InChI is InChI=1S/C23H26N2/c1-2-7-18(8-3-1)20-13-15-24-21(17-20)11-5-4-9-19-10-6-12-23-22(19)14-16-25-23/h1-3,6-8,10,12-14,16,21,24-25H,4-5,9,11,15,17H2. The lowest BCUT2D eigenvalue weighted by Gasteiger charge is -2.24. The summed E-state index contributed by atoms with van der Waals surface area (Å²) in [5.74, 6) is 0. The van der Waals surface area contributed by atoms with E-state index in [2.05, 4.69) is 71.0 Å². The van der Waals surface area contributed by atoms with E-state index in [4.69, 9.17) is 0 Å². The van der Waals surface area contributed by atoms with Crippen molar-refractivity contribution in [3.63, 3.8) is 0 Å². The number of nitrogens with one attached hydrogen (secondary N) is 2. The van der Waals surface area contributed by atoms with E-state index in [1.54, 1.807) is 0 Å². The van der Waals surface area contributed by atoms with Crippen LogP contribution in [0.4, 0.5) is 0 Å². The summed E-state index contributed by atoms with van der Waals surface area (Å²) in [4.78, 5) is 3.31. The lowest BCUT2D eigenvalue weighted by Crippen LogP contribution is -2.32. The Balaban J connectivity index is 1.28. The Hall–Kier alpha value is -2.32. The molecule has 0 saturated carbocycles. The van der Waals surface area contributed by atoms with Crippen molar-refractivity contribution in [1.82, 2.24) is 10.3 Å². The predicted octanol–water partition coefficient (Wildman–Crippen LogP) is 5.33. The Morgan fingerprint density at radius 3 is 2.76 bits per heavy atom. The number of hydrogen-bond acceptors (Lipinski definition) is 1. The van der Waals surface area contributed by atoms with E-state index in [-0.39, 0.29) is 0 Å². The van der Waals surface area contributed by atoms with Crippen molar-refractivity contribution < 1.29 is 0 Å². The van der Waals surface area contributed by atoms with E-state index in [1.807, 2.05) is 6.20 Å². The van der Waals surface area contributed by atoms with Crippen molar-refractivity contribution >= 4 is 16.5 Å². The first-order valence-electron chi connectivity index (χ1n) is 9.43. The molecule has 1 aliphatic heterocycles. The molecule has 0 radical (unpaired) electrons. The van der Waals surface area contributed by atoms with Crippen LogP contribution < -0.4 is 5.32 Å². The minimum absolute atomic E-state index is 0.614. The number of aromatic nitrogens is 1. The minimum Gasteiger partial charge on any atom is -0.361 e. The van der Waals surface area contributed by atoms with Gasteiger partial charge in [-0.15, -0.1) is 0 Å². The average Bonchev–Trinajstić information content (AvgIpc) is 3.16. The monoisotopic (exact) mass is 330 g/mol. The van der Waals surface area contributed by atoms with Gasteiger partial charge in [-0.2, -0.15) is 0 Å². The van der Waals surface area contributed by atoms with Crippen molar-refractivity contribution in [1.29, 1.82) is 0 Å². The molecule has 0 saturated heterocycles. The highest BCUT2D eigenvalue weighted by Crippen LogP contribution is 2.25. The maximum Gasteiger partial charge on any atom is 0.0456 e. The molecule has 0 aliphatic carbocycles. The normalized spacial score (nSPS) is 17.6. The first kappa shape index (κ1) is 16.2. The van der Waals surface area contributed by atoms with Crippen molar-refractivity contribution in [2.75, 3.05) is 6.54 Å². The third kappa shape index (κ3) is 3.85. The average molecular weight is 330 g/mol. The zero-order valence-corrected chi connectivity index (χ0v) is 14.7. The van der Waals surface area contributed by atoms with Crippen molar-refractivity contribution in [3.8, 4) is 0 Å². The molecule has 1 aliphatic rings. The molecule has 2 nitrogen and oxygen atoms in total. The van der Waals surface area contributed by atoms with Crippen LogP contribution in [0.2, 0.25) is 0 Å². The maximum atomic E-state index is 3.66. The summed E-state index contributed by atoms with van der Waals surface area (Å²) in [7, 11) is 0. The van der Waals surface area contributed by atoms with Gasteiger partial charge < -0.3 is 10.3 Å². The van der Waals surface area contributed by atoms with Gasteiger partial charge in [-0.3, -0.25) is 0 Å². The SMILES string of the molecule is C1=C(c2ccccc2)CC(CCCCc2cccc3[nH]ccc23)NC1. The van der Waals surface area contributed by atoms with E-state index in [1.165, 1.54) is 53.3 Å². The first-order valence-corrected chi connectivity index (χ1v) is 9.43. The molecule has 25 heavy (non-hydrogen) atoms. The van der Waals surface area contributed by atoms with Crippen LogP contribution in [-0.4, -0.2) is 17.6 Å². The number of benzene rings is 2. The minimum atomic E-state index is 0.614. The lowest BCUT2D eigenvalue weighted by atomic mass is 9.92. The molecule has 128 valence electrons. The van der Waals surface area contributed by atoms with Crippen LogP contribution in [0.15, 0.2) is 66.9 Å². The van der Waals surface area contributed by atoms with Crippen molar-refractivity contribution in [2.45, 2.75) is 38.1 Å². The van der Waals surface area contributed by atoms with Crippen LogP contribution in [0.5, 0.6) is 0 Å². The molecule has 0 fully saturated rings. The quantitative estimate of drug-likeness (QED) is 0.588. The molecule has 0 bridgehead atoms. The largest absolute Gasteiger partial charge is 0.361 e. The molecular weight excluding hydrogens is 304 g/mol. The summed E-state index contributed by atoms with van der Waals surface area (Å²) >= 11 is 0. The molecule has 2 heterocycles. The van der Waals surface area contributed by atoms with Gasteiger partial charge in [-0.1, -0.05) is 55.0 Å². The van der Waals surface area contributed by atoms with Crippen LogP contribution in [0.25, 0.3) is 16.5 Å². The zero-order valence-electron chi connectivity index (χ0n) is 14.7. The molecule has 0 amide bonds. The van der Waals surface area contributed by atoms with Crippen LogP contribution >= 0.6 is 0 Å². The fraction of sp³-hybridized carbons (Fsp3) is 0.304. The van der Waals surface area contributed by atoms with Crippen LogP contribution in [0, 0.1) is 0 Å². The van der Waals surface area contributed by atoms with Crippen LogP contribution in [-0.2, 0) is 6.42 Å². The molecule has 3 aromatic rings. The number of fused-ring (bicyclic) bond motifs is 1. The third-order valence-corrected chi connectivity index (χ3v) is 5.30. The van der Waals surface area contributed by atoms with Gasteiger partial charge in [0.1, 0.15) is 0 Å². The van der Waals surface area contributed by atoms with Gasteiger partial charge in [0, 0.05) is 29.7 Å². The third-order valence-electron chi connectivity index (χ3n) is 5.30. The Kier molecular flexibility index (Phi) is 4.98. The van der Waals surface area contributed by atoms with Gasteiger partial charge in [0.25, 0.3) is 0 Å². The van der Waals surface area contributed by atoms with Gasteiger partial charge in [0.05, 0.1) is 0 Å². The number of hydrogen-bond donors (Lipinski definition) is 2. The summed E-state index contributed by atoms with van der Waals surface area (Å²) in [6.45, 7) is 0.998. The van der Waals surface area contributed by atoms with Crippen LogP contribution in [0.3, 0.4) is 0 Å². The second-order valence-electron chi connectivity index (χ2n) is 7.01. The number of aryl methyl sites for hydroxylation is 1. The number of rotatable bonds is 6. The second-order valence-corrected chi connectivity index (χ2v) is 7.01. The molecule has 2 N–H and O–H groups in total. The molecule has 1 unspecified atom stereocenters. The van der Waals surface area contributed by atoms with Gasteiger partial charge in [-0.25, -0.2) is 0 Å². The zero-order chi connectivity index (χ0) is 16.9. The molecule has 2 aromatic carbocycles. The lowest BCUT2D eigenvalue weighted by molar-refractivity contribution is 0.477. The highest BCUT2D eigenvalue weighted by molar-refractivity contribution is 5.82. The predicted molar refractivity (Wildman–Crippen MR) is 107 cm³/mol. The second kappa shape index (κ2) is 7.71. The Morgan fingerprint density at radius 1 is 0.920 bits per heavy atom. The number of aromatic amines is 1. The van der Waals surface area contributed by atoms with Crippen LogP contribution in [0.1, 0.15) is 36.8 Å². The topological polar surface area (TPSA) is 27.8 Å². The molecule has 4 rings (SSSR count). The summed E-state index contributed by atoms with van der Waals surface area (Å²) < 4.78 is 0. The maximum absolute atomic E-state index is 3.66. The highest BCUT2D eigenvalue weighted by atomic mass is 14.9. The van der Waals surface area contributed by atoms with Gasteiger partial charge in [-0.05, 0) is 54.5 Å². The van der Waals surface area contributed by atoms with Gasteiger partial charge in [0.15, 0.2) is 0 Å². The van der Waals surface area contributed by atoms with E-state index in [0.29, 0.717) is 6.04 Å². The van der Waals surface area contributed by atoms with Crippen molar-refractivity contribution in [2.24, 2.45) is 0 Å². The fourth-order valence-electron chi connectivity index (χ4n) is 3.94. The fourth-order valence-corrected chi connectivity index (χ4v) is 3.94. The smallest absolute Gasteiger partial charge is 0.0456 e. The van der Waals surface area contributed by atoms with Crippen molar-refractivity contribution in [3.05, 3.63) is 78.0 Å². The number of unbranched alkanes of at least 4 members (excludes halogenated alkanes) is 1. The molecule has 1 aromatic heterocycles. The molecule has 1 atom stereocenters. The van der Waals surface area contributed by atoms with E-state index >= 15 is 0 Å². The first-order chi connectivity index (χ1) is 12.4. The highest BCUT2D eigenvalue weighted by Gasteiger charge is 2.15. The van der Waals surface area contributed by atoms with Gasteiger partial charge >= 0.3 is 0 Å². The molecule has 0 spiro atoms. The van der Waals surface area contributed by atoms with E-state index in [0.717, 1.165) is 13.0 Å². The summed E-state index contributed by atoms with van der Waals surface area (Å²) in [6, 6.07) is 20.2. The van der Waals surface area contributed by atoms with E-state index < -0.39 is 0 Å².